The maximum Gasteiger partial charge on any atom is 0.270 e. The van der Waals surface area contributed by atoms with Gasteiger partial charge < -0.3 is 9.84 Å². The molecule has 0 aliphatic carbocycles. The number of nitro benzene ring substituents is 1. The second kappa shape index (κ2) is 8.37. The van der Waals surface area contributed by atoms with Crippen molar-refractivity contribution < 1.29 is 14.8 Å². The van der Waals surface area contributed by atoms with Gasteiger partial charge in [-0.2, -0.15) is 0 Å². The number of non-ortho nitro benzene ring substituents is 1. The van der Waals surface area contributed by atoms with E-state index in [1.54, 1.807) is 16.5 Å². The zero-order chi connectivity index (χ0) is 22.1. The molecule has 0 bridgehead atoms. The number of benzene rings is 2. The number of aromatic hydroxyl groups is 1. The maximum absolute atomic E-state index is 11.1. The average molecular weight is 502 g/mol. The van der Waals surface area contributed by atoms with E-state index in [-0.39, 0.29) is 11.4 Å². The fraction of sp³-hybridized carbons (Fsp3) is 0.0476. The molecule has 2 aromatic heterocycles. The smallest absolute Gasteiger partial charge is 0.270 e. The molecule has 0 radical (unpaired) electrons. The van der Waals surface area contributed by atoms with E-state index in [2.05, 4.69) is 25.9 Å². The molecule has 0 spiro atoms. The van der Waals surface area contributed by atoms with Gasteiger partial charge in [-0.15, -0.1) is 0 Å². The first-order valence-electron chi connectivity index (χ1n) is 8.90. The van der Waals surface area contributed by atoms with Crippen LogP contribution in [0.4, 0.5) is 11.5 Å². The number of imidazole rings is 1. The van der Waals surface area contributed by atoms with Gasteiger partial charge in [-0.25, -0.2) is 9.98 Å². The summed E-state index contributed by atoms with van der Waals surface area (Å²) in [6.45, 7) is 0. The summed E-state index contributed by atoms with van der Waals surface area (Å²) in [6, 6.07) is 12.7. The van der Waals surface area contributed by atoms with Crippen LogP contribution in [-0.2, 0) is 0 Å². The minimum absolute atomic E-state index is 0.00573. The summed E-state index contributed by atoms with van der Waals surface area (Å²) in [5.74, 6) is 0.783. The Morgan fingerprint density at radius 2 is 2.06 bits per heavy atom. The Morgan fingerprint density at radius 1 is 1.26 bits per heavy atom. The van der Waals surface area contributed by atoms with Crippen LogP contribution in [0.25, 0.3) is 16.9 Å². The first-order chi connectivity index (χ1) is 14.9. The SMILES string of the molecule is COc1cc(-c2nc3ccc(Br)cn3c2N=Cc2cc([N+](=O)[O-])ccc2Cl)ccc1O. The molecule has 4 rings (SSSR count). The van der Waals surface area contributed by atoms with Crippen molar-refractivity contribution in [2.45, 2.75) is 0 Å². The van der Waals surface area contributed by atoms with Gasteiger partial charge in [-0.1, -0.05) is 11.6 Å². The Kier molecular flexibility index (Phi) is 5.62. The predicted molar refractivity (Wildman–Crippen MR) is 122 cm³/mol. The molecule has 2 aromatic carbocycles. The van der Waals surface area contributed by atoms with Crippen LogP contribution in [0, 0.1) is 10.1 Å². The van der Waals surface area contributed by atoms with Crippen LogP contribution < -0.4 is 4.74 Å². The Balaban J connectivity index is 1.90. The maximum atomic E-state index is 11.1. The lowest BCUT2D eigenvalue weighted by atomic mass is 10.1. The highest BCUT2D eigenvalue weighted by molar-refractivity contribution is 9.10. The molecule has 0 amide bonds. The molecular formula is C21H14BrClN4O4. The number of phenols is 1. The van der Waals surface area contributed by atoms with Crippen molar-refractivity contribution in [3.05, 3.63) is 79.9 Å². The second-order valence-corrected chi connectivity index (χ2v) is 7.79. The topological polar surface area (TPSA) is 102 Å². The van der Waals surface area contributed by atoms with E-state index in [1.807, 2.05) is 18.3 Å². The van der Waals surface area contributed by atoms with E-state index in [0.29, 0.717) is 39.1 Å². The molecule has 0 saturated carbocycles. The highest BCUT2D eigenvalue weighted by Crippen LogP contribution is 2.36. The standard InChI is InChI=1S/C21H14BrClN4O4/c1-31-18-9-12(2-6-17(18)28)20-21(26-11-14(22)3-7-19(26)25-20)24-10-13-8-15(27(29)30)4-5-16(13)23/h2-11,28H,1H3. The van der Waals surface area contributed by atoms with Gasteiger partial charge in [0.05, 0.1) is 12.0 Å². The number of methoxy groups -OCH3 is 1. The van der Waals surface area contributed by atoms with E-state index in [0.717, 1.165) is 4.47 Å². The van der Waals surface area contributed by atoms with Gasteiger partial charge in [0.15, 0.2) is 17.3 Å². The number of aromatic nitrogens is 2. The van der Waals surface area contributed by atoms with Crippen molar-refractivity contribution in [2.24, 2.45) is 4.99 Å². The van der Waals surface area contributed by atoms with Gasteiger partial charge >= 0.3 is 0 Å². The van der Waals surface area contributed by atoms with Gasteiger partial charge in [0.2, 0.25) is 0 Å². The Bertz CT molecular complexity index is 1350. The van der Waals surface area contributed by atoms with E-state index < -0.39 is 4.92 Å². The number of ether oxygens (including phenoxy) is 1. The highest BCUT2D eigenvalue weighted by atomic mass is 79.9. The molecule has 0 aliphatic rings. The van der Waals surface area contributed by atoms with E-state index in [9.17, 15) is 15.2 Å². The van der Waals surface area contributed by atoms with Crippen LogP contribution in [0.1, 0.15) is 5.56 Å². The monoisotopic (exact) mass is 500 g/mol. The molecule has 1 N–H and O–H groups in total. The molecule has 4 aromatic rings. The van der Waals surface area contributed by atoms with Crippen LogP contribution in [0.3, 0.4) is 0 Å². The normalized spacial score (nSPS) is 11.3. The van der Waals surface area contributed by atoms with Crippen LogP contribution in [0.2, 0.25) is 5.02 Å². The third-order valence-corrected chi connectivity index (χ3v) is 5.34. The van der Waals surface area contributed by atoms with Gasteiger partial charge in [-0.05, 0) is 52.3 Å². The number of halogens is 2. The van der Waals surface area contributed by atoms with Crippen LogP contribution in [0.15, 0.2) is 64.2 Å². The number of hydrogen-bond donors (Lipinski definition) is 1. The molecule has 0 saturated heterocycles. The number of nitrogens with zero attached hydrogens (tertiary/aromatic N) is 4. The van der Waals surface area contributed by atoms with Crippen molar-refractivity contribution in [1.29, 1.82) is 0 Å². The lowest BCUT2D eigenvalue weighted by Gasteiger charge is -2.06. The highest BCUT2D eigenvalue weighted by Gasteiger charge is 2.16. The zero-order valence-electron chi connectivity index (χ0n) is 16.0. The fourth-order valence-corrected chi connectivity index (χ4v) is 3.53. The number of hydrogen-bond acceptors (Lipinski definition) is 6. The molecule has 0 fully saturated rings. The summed E-state index contributed by atoms with van der Waals surface area (Å²) in [5.41, 5.74) is 2.16. The van der Waals surface area contributed by atoms with Crippen molar-refractivity contribution in [3.8, 4) is 22.8 Å². The Hall–Kier alpha value is -3.43. The van der Waals surface area contributed by atoms with Crippen molar-refractivity contribution in [1.82, 2.24) is 9.38 Å². The fourth-order valence-electron chi connectivity index (χ4n) is 3.02. The molecule has 2 heterocycles. The Labute approximate surface area is 189 Å². The van der Waals surface area contributed by atoms with Crippen molar-refractivity contribution in [2.75, 3.05) is 7.11 Å². The molecule has 0 aliphatic heterocycles. The lowest BCUT2D eigenvalue weighted by Crippen LogP contribution is -1.91. The van der Waals surface area contributed by atoms with E-state index in [4.69, 9.17) is 16.3 Å². The molecular weight excluding hydrogens is 488 g/mol. The molecule has 156 valence electrons. The summed E-state index contributed by atoms with van der Waals surface area (Å²) in [5, 5.41) is 21.4. The quantitative estimate of drug-likeness (QED) is 0.212. The lowest BCUT2D eigenvalue weighted by molar-refractivity contribution is -0.384. The molecule has 8 nitrogen and oxygen atoms in total. The van der Waals surface area contributed by atoms with Gasteiger partial charge in [0, 0.05) is 45.2 Å². The number of aliphatic imine (C=N–C) groups is 1. The molecule has 10 heteroatoms. The minimum atomic E-state index is -0.493. The number of rotatable bonds is 5. The number of fused-ring (bicyclic) bond motifs is 1. The predicted octanol–water partition coefficient (Wildman–Crippen LogP) is 5.79. The van der Waals surface area contributed by atoms with Gasteiger partial charge in [0.25, 0.3) is 5.69 Å². The van der Waals surface area contributed by atoms with Gasteiger partial charge in [0.1, 0.15) is 11.3 Å². The third kappa shape index (κ3) is 4.10. The minimum Gasteiger partial charge on any atom is -0.504 e. The second-order valence-electron chi connectivity index (χ2n) is 6.47. The van der Waals surface area contributed by atoms with Gasteiger partial charge in [-0.3, -0.25) is 14.5 Å². The number of nitro groups is 1. The average Bonchev–Trinajstić information content (AvgIpc) is 3.11. The summed E-state index contributed by atoms with van der Waals surface area (Å²) in [7, 11) is 1.46. The van der Waals surface area contributed by atoms with Crippen LogP contribution in [0.5, 0.6) is 11.5 Å². The Morgan fingerprint density at radius 3 is 2.81 bits per heavy atom. The largest absolute Gasteiger partial charge is 0.504 e. The number of pyridine rings is 1. The van der Waals surface area contributed by atoms with Crippen molar-refractivity contribution >= 4 is 50.9 Å². The zero-order valence-corrected chi connectivity index (χ0v) is 18.3. The van der Waals surface area contributed by atoms with Crippen molar-refractivity contribution in [3.63, 3.8) is 0 Å². The molecule has 31 heavy (non-hydrogen) atoms. The summed E-state index contributed by atoms with van der Waals surface area (Å²) < 4.78 is 7.80. The summed E-state index contributed by atoms with van der Waals surface area (Å²) in [4.78, 5) is 19.8. The number of phenolic OH excluding ortho intramolecular Hbond substituents is 1. The first kappa shape index (κ1) is 20.8. The molecule has 0 atom stereocenters. The summed E-state index contributed by atoms with van der Waals surface area (Å²) in [6.07, 6.45) is 3.27. The van der Waals surface area contributed by atoms with Crippen LogP contribution >= 0.6 is 27.5 Å². The third-order valence-electron chi connectivity index (χ3n) is 4.53. The summed E-state index contributed by atoms with van der Waals surface area (Å²) >= 11 is 9.66. The molecule has 0 unspecified atom stereocenters. The first-order valence-corrected chi connectivity index (χ1v) is 10.1. The van der Waals surface area contributed by atoms with E-state index >= 15 is 0 Å². The van der Waals surface area contributed by atoms with Crippen LogP contribution in [-0.4, -0.2) is 32.7 Å². The van der Waals surface area contributed by atoms with E-state index in [1.165, 1.54) is 37.6 Å².